The van der Waals surface area contributed by atoms with Gasteiger partial charge in [-0.25, -0.2) is 9.18 Å². The molecule has 1 N–H and O–H groups in total. The number of carbonyl (C=O) groups excluding carboxylic acids is 1. The van der Waals surface area contributed by atoms with Crippen LogP contribution in [0.5, 0.6) is 5.75 Å². The van der Waals surface area contributed by atoms with Crippen LogP contribution in [0.15, 0.2) is 72.2 Å². The molecule has 202 valence electrons. The number of methoxy groups -OCH3 is 1. The maximum atomic E-state index is 14.7. The van der Waals surface area contributed by atoms with E-state index in [1.807, 2.05) is 52.0 Å². The third kappa shape index (κ3) is 5.31. The molecule has 0 atom stereocenters. The molecule has 1 amide bonds. The average Bonchev–Trinajstić information content (AvgIpc) is 3.35. The molecule has 3 aromatic carbocycles. The van der Waals surface area contributed by atoms with Gasteiger partial charge in [0.2, 0.25) is 0 Å². The lowest BCUT2D eigenvalue weighted by atomic mass is 9.77. The molecule has 1 aliphatic carbocycles. The fraction of sp³-hybridized carbons (Fsp3) is 0.323. The van der Waals surface area contributed by atoms with Gasteiger partial charge < -0.3 is 24.1 Å². The monoisotopic (exact) mass is 529 g/mol. The van der Waals surface area contributed by atoms with Gasteiger partial charge in [0.15, 0.2) is 0 Å². The van der Waals surface area contributed by atoms with Crippen molar-refractivity contribution in [1.29, 1.82) is 0 Å². The predicted octanol–water partition coefficient (Wildman–Crippen LogP) is 6.39. The zero-order valence-electron chi connectivity index (χ0n) is 22.9. The van der Waals surface area contributed by atoms with E-state index in [1.54, 1.807) is 18.2 Å². The number of benzene rings is 3. The topological polar surface area (TPSA) is 66.0 Å². The van der Waals surface area contributed by atoms with Gasteiger partial charge in [-0.3, -0.25) is 0 Å². The predicted molar refractivity (Wildman–Crippen MR) is 150 cm³/mol. The minimum absolute atomic E-state index is 0.0458. The van der Waals surface area contributed by atoms with Gasteiger partial charge in [0, 0.05) is 18.0 Å². The molecule has 0 saturated carbocycles. The third-order valence-corrected chi connectivity index (χ3v) is 7.88. The van der Waals surface area contributed by atoms with Crippen molar-refractivity contribution < 1.29 is 28.0 Å². The Hall–Kier alpha value is -3.62. The van der Waals surface area contributed by atoms with Gasteiger partial charge in [-0.1, -0.05) is 54.6 Å². The summed E-state index contributed by atoms with van der Waals surface area (Å²) in [7, 11) is 0.740. The summed E-state index contributed by atoms with van der Waals surface area (Å²) in [5.41, 5.74) is 4.24. The molecule has 0 bridgehead atoms. The van der Waals surface area contributed by atoms with Gasteiger partial charge >= 0.3 is 13.2 Å². The van der Waals surface area contributed by atoms with Gasteiger partial charge in [0.1, 0.15) is 18.2 Å². The van der Waals surface area contributed by atoms with Crippen molar-refractivity contribution in [3.8, 4) is 16.9 Å². The van der Waals surface area contributed by atoms with Crippen molar-refractivity contribution in [3.05, 3.63) is 94.7 Å². The molecule has 1 heterocycles. The van der Waals surface area contributed by atoms with E-state index in [0.717, 1.165) is 22.3 Å². The first kappa shape index (κ1) is 27.0. The molecule has 8 heteroatoms. The number of hydrogen-bond acceptors (Lipinski definition) is 5. The number of hydrogen-bond donors (Lipinski definition) is 1. The van der Waals surface area contributed by atoms with E-state index in [2.05, 4.69) is 29.6 Å². The molecule has 1 fully saturated rings. The second kappa shape index (κ2) is 10.5. The average molecular weight is 529 g/mol. The molecule has 0 aromatic heterocycles. The Morgan fingerprint density at radius 1 is 0.974 bits per heavy atom. The van der Waals surface area contributed by atoms with E-state index in [1.165, 1.54) is 13.2 Å². The molecule has 0 radical (unpaired) electrons. The van der Waals surface area contributed by atoms with Crippen molar-refractivity contribution >= 4 is 19.3 Å². The zero-order valence-corrected chi connectivity index (χ0v) is 22.9. The molecule has 1 aliphatic heterocycles. The number of ether oxygens (including phenoxy) is 2. The van der Waals surface area contributed by atoms with E-state index in [9.17, 15) is 9.18 Å². The Balaban J connectivity index is 1.32. The Labute approximate surface area is 229 Å². The minimum atomic E-state index is -0.783. The highest BCUT2D eigenvalue weighted by Crippen LogP contribution is 2.44. The Kier molecular flexibility index (Phi) is 7.27. The first-order valence-electron chi connectivity index (χ1n) is 13.1. The summed E-state index contributed by atoms with van der Waals surface area (Å²) in [4.78, 5) is 12.9. The van der Waals surface area contributed by atoms with Crippen LogP contribution in [0, 0.1) is 5.82 Å². The van der Waals surface area contributed by atoms with E-state index in [4.69, 9.17) is 18.8 Å². The van der Waals surface area contributed by atoms with Crippen LogP contribution in [0.4, 0.5) is 9.18 Å². The minimum Gasteiger partial charge on any atom is -0.497 e. The maximum absolute atomic E-state index is 14.7. The van der Waals surface area contributed by atoms with Crippen LogP contribution >= 0.6 is 0 Å². The molecule has 2 aliphatic rings. The number of nitrogens with one attached hydrogen (secondary N) is 1. The first-order valence-corrected chi connectivity index (χ1v) is 13.1. The molecule has 5 rings (SSSR count). The normalized spacial score (nSPS) is 17.5. The highest BCUT2D eigenvalue weighted by atomic mass is 19.1. The maximum Gasteiger partial charge on any atom is 0.492 e. The van der Waals surface area contributed by atoms with Gasteiger partial charge in [0.25, 0.3) is 0 Å². The zero-order chi connectivity index (χ0) is 27.8. The SMILES string of the molecule is COc1ccc(F)c(C=C(CNC(=O)OCC2c3ccccc3-c3ccccc32)B2OC(C)(C)C(C)(C)O2)c1. The van der Waals surface area contributed by atoms with Gasteiger partial charge in [0.05, 0.1) is 18.3 Å². The van der Waals surface area contributed by atoms with Crippen molar-refractivity contribution in [1.82, 2.24) is 5.32 Å². The highest BCUT2D eigenvalue weighted by molar-refractivity contribution is 6.56. The Morgan fingerprint density at radius 3 is 2.15 bits per heavy atom. The van der Waals surface area contributed by atoms with Gasteiger partial charge in [-0.2, -0.15) is 0 Å². The van der Waals surface area contributed by atoms with Crippen LogP contribution in [0.2, 0.25) is 0 Å². The van der Waals surface area contributed by atoms with Crippen LogP contribution in [0.1, 0.15) is 50.3 Å². The summed E-state index contributed by atoms with van der Waals surface area (Å²) in [6.07, 6.45) is 1.05. The van der Waals surface area contributed by atoms with Crippen molar-refractivity contribution in [2.75, 3.05) is 20.3 Å². The van der Waals surface area contributed by atoms with E-state index in [0.29, 0.717) is 16.8 Å². The third-order valence-electron chi connectivity index (χ3n) is 7.88. The number of rotatable bonds is 7. The van der Waals surface area contributed by atoms with Crippen molar-refractivity contribution in [3.63, 3.8) is 0 Å². The summed E-state index contributed by atoms with van der Waals surface area (Å²) in [5, 5.41) is 2.81. The summed E-state index contributed by atoms with van der Waals surface area (Å²) in [6.45, 7) is 8.00. The summed E-state index contributed by atoms with van der Waals surface area (Å²) in [5.74, 6) is 0.0403. The molecular weight excluding hydrogens is 496 g/mol. The van der Waals surface area contributed by atoms with Crippen LogP contribution in [0.3, 0.4) is 0 Å². The molecule has 1 saturated heterocycles. The number of amides is 1. The lowest BCUT2D eigenvalue weighted by Crippen LogP contribution is -2.41. The van der Waals surface area contributed by atoms with Gasteiger partial charge in [-0.15, -0.1) is 0 Å². The molecule has 0 unspecified atom stereocenters. The highest BCUT2D eigenvalue weighted by Gasteiger charge is 2.52. The van der Waals surface area contributed by atoms with Crippen molar-refractivity contribution in [2.45, 2.75) is 44.8 Å². The molecule has 6 nitrogen and oxygen atoms in total. The Bertz CT molecular complexity index is 1360. The number of fused-ring (bicyclic) bond motifs is 3. The second-order valence-corrected chi connectivity index (χ2v) is 10.9. The van der Waals surface area contributed by atoms with E-state index < -0.39 is 30.2 Å². The number of carbonyl (C=O) groups is 1. The summed E-state index contributed by atoms with van der Waals surface area (Å²) < 4.78 is 38.1. The second-order valence-electron chi connectivity index (χ2n) is 10.9. The molecule has 39 heavy (non-hydrogen) atoms. The van der Waals surface area contributed by atoms with Crippen LogP contribution in [0.25, 0.3) is 17.2 Å². The quantitative estimate of drug-likeness (QED) is 0.360. The fourth-order valence-corrected chi connectivity index (χ4v) is 4.98. The first-order chi connectivity index (χ1) is 18.6. The lowest BCUT2D eigenvalue weighted by Gasteiger charge is -2.32. The lowest BCUT2D eigenvalue weighted by molar-refractivity contribution is 0.00578. The standard InChI is InChI=1S/C31H33BFNO5/c1-30(2)31(3,4)39-32(38-30)21(16-20-17-22(36-5)14-15-28(20)33)18-34-29(35)37-19-27-25-12-8-6-10-23(25)24-11-7-9-13-26(24)27/h6-17,27H,18-19H2,1-5H3,(H,34,35). The number of alkyl carbamates (subject to hydrolysis) is 1. The molecule has 0 spiro atoms. The fourth-order valence-electron chi connectivity index (χ4n) is 4.98. The van der Waals surface area contributed by atoms with Gasteiger partial charge in [-0.05, 0) is 73.6 Å². The molecular formula is C31H33BFNO5. The summed E-state index contributed by atoms with van der Waals surface area (Å²) in [6, 6.07) is 20.8. The number of halogens is 1. The van der Waals surface area contributed by atoms with Crippen LogP contribution < -0.4 is 10.1 Å². The van der Waals surface area contributed by atoms with Crippen LogP contribution in [-0.4, -0.2) is 44.7 Å². The summed E-state index contributed by atoms with van der Waals surface area (Å²) >= 11 is 0. The van der Waals surface area contributed by atoms with E-state index >= 15 is 0 Å². The largest absolute Gasteiger partial charge is 0.497 e. The molecule has 3 aromatic rings. The van der Waals surface area contributed by atoms with Crippen LogP contribution in [-0.2, 0) is 14.0 Å². The van der Waals surface area contributed by atoms with E-state index in [-0.39, 0.29) is 19.1 Å². The Morgan fingerprint density at radius 2 is 1.56 bits per heavy atom. The smallest absolute Gasteiger partial charge is 0.492 e. The van der Waals surface area contributed by atoms with Crippen molar-refractivity contribution in [2.24, 2.45) is 0 Å².